The molecule has 0 aliphatic carbocycles. The monoisotopic (exact) mass is 324 g/mol. The summed E-state index contributed by atoms with van der Waals surface area (Å²) in [7, 11) is 0. The number of hydrogen-bond donors (Lipinski definition) is 1. The van der Waals surface area contributed by atoms with E-state index in [1.165, 1.54) is 23.8 Å². The predicted molar refractivity (Wildman–Crippen MR) is 86.4 cm³/mol. The van der Waals surface area contributed by atoms with Crippen molar-refractivity contribution in [1.29, 1.82) is 5.26 Å². The zero-order valence-electron chi connectivity index (χ0n) is 13.1. The molecule has 1 N–H and O–H groups in total. The van der Waals surface area contributed by atoms with E-state index in [-0.39, 0.29) is 25.0 Å². The van der Waals surface area contributed by atoms with E-state index in [4.69, 9.17) is 10.00 Å². The summed E-state index contributed by atoms with van der Waals surface area (Å²) in [5.41, 5.74) is 2.91. The first-order valence-corrected chi connectivity index (χ1v) is 7.82. The van der Waals surface area contributed by atoms with Crippen molar-refractivity contribution in [3.05, 3.63) is 70.5 Å². The molecule has 0 saturated heterocycles. The van der Waals surface area contributed by atoms with Crippen molar-refractivity contribution in [3.63, 3.8) is 0 Å². The molecule has 122 valence electrons. The average molecular weight is 324 g/mol. The van der Waals surface area contributed by atoms with Crippen molar-refractivity contribution in [2.45, 2.75) is 25.5 Å². The highest BCUT2D eigenvalue weighted by Crippen LogP contribution is 2.29. The number of nitrogens with one attached hydrogen (secondary N) is 1. The molecule has 1 heterocycles. The Bertz CT molecular complexity index is 798. The molecular weight excluding hydrogens is 307 g/mol. The van der Waals surface area contributed by atoms with Gasteiger partial charge in [0.15, 0.2) is 0 Å². The molecule has 0 bridgehead atoms. The maximum absolute atomic E-state index is 13.7. The normalized spacial score (nSPS) is 16.1. The lowest BCUT2D eigenvalue weighted by molar-refractivity contribution is -0.124. The van der Waals surface area contributed by atoms with E-state index in [1.54, 1.807) is 0 Å². The van der Waals surface area contributed by atoms with Crippen molar-refractivity contribution in [3.8, 4) is 6.07 Å². The highest BCUT2D eigenvalue weighted by Gasteiger charge is 2.23. The lowest BCUT2D eigenvalue weighted by Crippen LogP contribution is -2.27. The van der Waals surface area contributed by atoms with Crippen molar-refractivity contribution in [1.82, 2.24) is 5.32 Å². The van der Waals surface area contributed by atoms with E-state index < -0.39 is 5.82 Å². The zero-order chi connectivity index (χ0) is 16.9. The van der Waals surface area contributed by atoms with E-state index in [0.29, 0.717) is 17.7 Å². The van der Waals surface area contributed by atoms with E-state index in [0.717, 1.165) is 12.0 Å². The van der Waals surface area contributed by atoms with E-state index >= 15 is 0 Å². The minimum atomic E-state index is -0.437. The second kappa shape index (κ2) is 7.24. The van der Waals surface area contributed by atoms with Crippen LogP contribution in [-0.4, -0.2) is 12.5 Å². The first-order valence-electron chi connectivity index (χ1n) is 7.82. The van der Waals surface area contributed by atoms with Crippen LogP contribution in [0.15, 0.2) is 42.5 Å². The molecule has 0 aromatic heterocycles. The van der Waals surface area contributed by atoms with Gasteiger partial charge in [0.25, 0.3) is 0 Å². The van der Waals surface area contributed by atoms with Crippen LogP contribution in [0.25, 0.3) is 0 Å². The summed E-state index contributed by atoms with van der Waals surface area (Å²) in [6.45, 7) is 0.641. The Morgan fingerprint density at radius 3 is 3.00 bits per heavy atom. The third kappa shape index (κ3) is 3.61. The lowest BCUT2D eigenvalue weighted by atomic mass is 9.95. The molecule has 0 saturated carbocycles. The average Bonchev–Trinajstić information content (AvgIpc) is 2.61. The molecule has 0 radical (unpaired) electrons. The highest BCUT2D eigenvalue weighted by atomic mass is 19.1. The Kier molecular flexibility index (Phi) is 4.88. The third-order valence-corrected chi connectivity index (χ3v) is 4.11. The predicted octanol–water partition coefficient (Wildman–Crippen LogP) is 3.02. The number of halogens is 1. The van der Waals surface area contributed by atoms with Crippen LogP contribution in [0, 0.1) is 17.1 Å². The molecule has 1 unspecified atom stereocenters. The van der Waals surface area contributed by atoms with Gasteiger partial charge in [-0.25, -0.2) is 4.39 Å². The van der Waals surface area contributed by atoms with Gasteiger partial charge in [0, 0.05) is 12.1 Å². The highest BCUT2D eigenvalue weighted by molar-refractivity contribution is 5.76. The second-order valence-electron chi connectivity index (χ2n) is 5.71. The topological polar surface area (TPSA) is 62.1 Å². The molecular formula is C19H17FN2O2. The fourth-order valence-electron chi connectivity index (χ4n) is 2.86. The molecule has 1 amide bonds. The van der Waals surface area contributed by atoms with Gasteiger partial charge in [-0.3, -0.25) is 4.79 Å². The van der Waals surface area contributed by atoms with Crippen LogP contribution in [0.2, 0.25) is 0 Å². The molecule has 5 heteroatoms. The summed E-state index contributed by atoms with van der Waals surface area (Å²) < 4.78 is 19.4. The quantitative estimate of drug-likeness (QED) is 0.940. The lowest BCUT2D eigenvalue weighted by Gasteiger charge is -2.25. The number of rotatable bonds is 4. The zero-order valence-corrected chi connectivity index (χ0v) is 13.1. The van der Waals surface area contributed by atoms with Gasteiger partial charge in [0.05, 0.1) is 30.8 Å². The molecule has 24 heavy (non-hydrogen) atoms. The van der Waals surface area contributed by atoms with Crippen molar-refractivity contribution >= 4 is 5.91 Å². The summed E-state index contributed by atoms with van der Waals surface area (Å²) in [5, 5.41) is 11.6. The number of benzene rings is 2. The number of carbonyl (C=O) groups excluding carboxylic acids is 1. The number of hydrogen-bond acceptors (Lipinski definition) is 3. The molecule has 2 aromatic carbocycles. The van der Waals surface area contributed by atoms with Crippen LogP contribution in [0.1, 0.15) is 34.8 Å². The molecule has 2 aromatic rings. The van der Waals surface area contributed by atoms with E-state index in [2.05, 4.69) is 5.32 Å². The summed E-state index contributed by atoms with van der Waals surface area (Å²) in [4.78, 5) is 12.2. The minimum Gasteiger partial charge on any atom is -0.373 e. The Morgan fingerprint density at radius 2 is 2.17 bits per heavy atom. The van der Waals surface area contributed by atoms with Crippen molar-refractivity contribution in [2.24, 2.45) is 0 Å². The smallest absolute Gasteiger partial charge is 0.223 e. The number of ether oxygens (including phenoxy) is 1. The van der Waals surface area contributed by atoms with Crippen LogP contribution in [0.5, 0.6) is 0 Å². The minimum absolute atomic E-state index is 0.0502. The van der Waals surface area contributed by atoms with Gasteiger partial charge in [0.1, 0.15) is 5.82 Å². The second-order valence-corrected chi connectivity index (χ2v) is 5.71. The Hall–Kier alpha value is -2.71. The van der Waals surface area contributed by atoms with Crippen LogP contribution in [-0.2, 0) is 22.5 Å². The first kappa shape index (κ1) is 16.2. The molecule has 1 atom stereocenters. The number of carbonyl (C=O) groups is 1. The van der Waals surface area contributed by atoms with Gasteiger partial charge in [-0.1, -0.05) is 24.3 Å². The standard InChI is InChI=1S/C19H17FN2O2/c20-17-6-5-13(11-21)9-15(17)12-22-19(23)10-18-16-4-2-1-3-14(16)7-8-24-18/h1-6,9,18H,7-8,10,12H2,(H,22,23). The van der Waals surface area contributed by atoms with Crippen LogP contribution < -0.4 is 5.32 Å². The summed E-state index contributed by atoms with van der Waals surface area (Å²) >= 11 is 0. The van der Waals surface area contributed by atoms with E-state index in [1.807, 2.05) is 30.3 Å². The fraction of sp³-hybridized carbons (Fsp3) is 0.263. The third-order valence-electron chi connectivity index (χ3n) is 4.11. The first-order chi connectivity index (χ1) is 11.7. The molecule has 0 spiro atoms. The summed E-state index contributed by atoms with van der Waals surface area (Å²) in [6.07, 6.45) is 0.766. The van der Waals surface area contributed by atoms with E-state index in [9.17, 15) is 9.18 Å². The summed E-state index contributed by atoms with van der Waals surface area (Å²) in [5.74, 6) is -0.646. The van der Waals surface area contributed by atoms with Gasteiger partial charge < -0.3 is 10.1 Å². The Morgan fingerprint density at radius 1 is 1.33 bits per heavy atom. The van der Waals surface area contributed by atoms with Crippen LogP contribution in [0.3, 0.4) is 0 Å². The van der Waals surface area contributed by atoms with Gasteiger partial charge in [-0.15, -0.1) is 0 Å². The Labute approximate surface area is 139 Å². The van der Waals surface area contributed by atoms with Gasteiger partial charge >= 0.3 is 0 Å². The van der Waals surface area contributed by atoms with Gasteiger partial charge in [0.2, 0.25) is 5.91 Å². The maximum atomic E-state index is 13.7. The van der Waals surface area contributed by atoms with Gasteiger partial charge in [-0.05, 0) is 35.7 Å². The van der Waals surface area contributed by atoms with Crippen LogP contribution >= 0.6 is 0 Å². The van der Waals surface area contributed by atoms with Gasteiger partial charge in [-0.2, -0.15) is 5.26 Å². The molecule has 0 fully saturated rings. The number of amides is 1. The summed E-state index contributed by atoms with van der Waals surface area (Å²) in [6, 6.07) is 14.0. The van der Waals surface area contributed by atoms with Crippen LogP contribution in [0.4, 0.5) is 4.39 Å². The molecule has 3 rings (SSSR count). The van der Waals surface area contributed by atoms with Crippen molar-refractivity contribution in [2.75, 3.05) is 6.61 Å². The largest absolute Gasteiger partial charge is 0.373 e. The fourth-order valence-corrected chi connectivity index (χ4v) is 2.86. The number of nitriles is 1. The maximum Gasteiger partial charge on any atom is 0.223 e. The molecule has 4 nitrogen and oxygen atoms in total. The number of fused-ring (bicyclic) bond motifs is 1. The van der Waals surface area contributed by atoms with Crippen molar-refractivity contribution < 1.29 is 13.9 Å². The molecule has 1 aliphatic rings. The SMILES string of the molecule is N#Cc1ccc(F)c(CNC(=O)CC2OCCc3ccccc32)c1. The molecule has 1 aliphatic heterocycles. The number of nitrogens with zero attached hydrogens (tertiary/aromatic N) is 1. The Balaban J connectivity index is 1.62.